The van der Waals surface area contributed by atoms with Gasteiger partial charge in [-0.25, -0.2) is 0 Å². The molecule has 1 saturated heterocycles. The second kappa shape index (κ2) is 6.97. The maximum absolute atomic E-state index is 12.2. The largest absolute Gasteiger partial charge is 0.490 e. The fourth-order valence-electron chi connectivity index (χ4n) is 2.19. The number of amides is 2. The molecule has 0 bridgehead atoms. The van der Waals surface area contributed by atoms with Crippen molar-refractivity contribution in [3.05, 3.63) is 24.3 Å². The zero-order valence-electron chi connectivity index (χ0n) is 12.3. The van der Waals surface area contributed by atoms with Crippen molar-refractivity contribution in [3.8, 4) is 11.5 Å². The summed E-state index contributed by atoms with van der Waals surface area (Å²) in [6.07, 6.45) is 0. The average Bonchev–Trinajstić information content (AvgIpc) is 2.49. The van der Waals surface area contributed by atoms with Crippen LogP contribution in [-0.4, -0.2) is 49.1 Å². The van der Waals surface area contributed by atoms with Crippen LogP contribution in [0.25, 0.3) is 0 Å². The highest BCUT2D eigenvalue weighted by atomic mass is 16.5. The first kappa shape index (κ1) is 15.2. The van der Waals surface area contributed by atoms with Crippen molar-refractivity contribution in [3.63, 3.8) is 0 Å². The monoisotopic (exact) mass is 292 g/mol. The molecule has 1 fully saturated rings. The minimum Gasteiger partial charge on any atom is -0.490 e. The zero-order valence-corrected chi connectivity index (χ0v) is 12.3. The molecule has 1 N–H and O–H groups in total. The molecule has 1 aliphatic rings. The van der Waals surface area contributed by atoms with Gasteiger partial charge in [-0.1, -0.05) is 12.1 Å². The van der Waals surface area contributed by atoms with Gasteiger partial charge >= 0.3 is 0 Å². The number of carbonyl (C=O) groups is 2. The molecule has 0 aromatic heterocycles. The molecule has 0 spiro atoms. The first-order chi connectivity index (χ1) is 10.1. The Kier molecular flexibility index (Phi) is 5.03. The highest BCUT2D eigenvalue weighted by Crippen LogP contribution is 2.26. The lowest BCUT2D eigenvalue weighted by Gasteiger charge is -2.32. The Morgan fingerprint density at radius 3 is 2.67 bits per heavy atom. The number of hydrogen-bond donors (Lipinski definition) is 1. The number of nitrogens with zero attached hydrogens (tertiary/aromatic N) is 1. The highest BCUT2D eigenvalue weighted by molar-refractivity contribution is 5.89. The molecular weight excluding hydrogens is 272 g/mol. The number of hydrogen-bond acceptors (Lipinski definition) is 4. The number of ether oxygens (including phenoxy) is 2. The second-order valence-corrected chi connectivity index (χ2v) is 4.72. The normalized spacial score (nSPS) is 18.1. The summed E-state index contributed by atoms with van der Waals surface area (Å²) in [6, 6.07) is 6.75. The number of piperazine rings is 1. The second-order valence-electron chi connectivity index (χ2n) is 4.72. The molecular formula is C15H20N2O4. The topological polar surface area (TPSA) is 67.9 Å². The molecule has 2 amide bonds. The third-order valence-electron chi connectivity index (χ3n) is 3.32. The van der Waals surface area contributed by atoms with Crippen LogP contribution in [0.3, 0.4) is 0 Å². The van der Waals surface area contributed by atoms with E-state index >= 15 is 0 Å². The summed E-state index contributed by atoms with van der Waals surface area (Å²) in [4.78, 5) is 25.3. The summed E-state index contributed by atoms with van der Waals surface area (Å²) in [5.41, 5.74) is 0. The molecule has 6 heteroatoms. The molecule has 0 aliphatic carbocycles. The smallest absolute Gasteiger partial charge is 0.261 e. The van der Waals surface area contributed by atoms with Gasteiger partial charge in [0.15, 0.2) is 18.1 Å². The minimum atomic E-state index is -0.461. The molecule has 0 radical (unpaired) electrons. The summed E-state index contributed by atoms with van der Waals surface area (Å²) in [5.74, 6) is 0.798. The summed E-state index contributed by atoms with van der Waals surface area (Å²) >= 11 is 0. The molecule has 1 atom stereocenters. The fourth-order valence-corrected chi connectivity index (χ4v) is 2.19. The maximum Gasteiger partial charge on any atom is 0.261 e. The quantitative estimate of drug-likeness (QED) is 0.872. The predicted octanol–water partition coefficient (Wildman–Crippen LogP) is 0.811. The molecule has 1 aliphatic heterocycles. The van der Waals surface area contributed by atoms with Gasteiger partial charge in [0.05, 0.1) is 6.61 Å². The van der Waals surface area contributed by atoms with E-state index in [2.05, 4.69) is 5.32 Å². The van der Waals surface area contributed by atoms with E-state index < -0.39 is 6.04 Å². The molecule has 114 valence electrons. The van der Waals surface area contributed by atoms with E-state index in [-0.39, 0.29) is 18.4 Å². The number of para-hydroxylation sites is 2. The van der Waals surface area contributed by atoms with Crippen LogP contribution in [-0.2, 0) is 9.59 Å². The Balaban J connectivity index is 1.96. The van der Waals surface area contributed by atoms with Gasteiger partial charge in [0.2, 0.25) is 5.91 Å². The molecule has 1 unspecified atom stereocenters. The summed E-state index contributed by atoms with van der Waals surface area (Å²) in [6.45, 7) is 4.99. The van der Waals surface area contributed by atoms with Crippen LogP contribution in [0.15, 0.2) is 24.3 Å². The molecule has 1 aromatic carbocycles. The number of rotatable bonds is 5. The highest BCUT2D eigenvalue weighted by Gasteiger charge is 2.29. The van der Waals surface area contributed by atoms with E-state index in [1.807, 2.05) is 19.1 Å². The number of benzene rings is 1. The summed E-state index contributed by atoms with van der Waals surface area (Å²) in [5, 5.41) is 2.72. The lowest BCUT2D eigenvalue weighted by atomic mass is 10.2. The molecule has 1 heterocycles. The van der Waals surface area contributed by atoms with Gasteiger partial charge < -0.3 is 19.7 Å². The molecule has 1 aromatic rings. The van der Waals surface area contributed by atoms with Crippen LogP contribution >= 0.6 is 0 Å². The molecule has 0 saturated carbocycles. The van der Waals surface area contributed by atoms with Crippen molar-refractivity contribution < 1.29 is 19.1 Å². The number of carbonyl (C=O) groups excluding carboxylic acids is 2. The zero-order chi connectivity index (χ0) is 15.2. The van der Waals surface area contributed by atoms with Gasteiger partial charge in [0.1, 0.15) is 6.04 Å². The lowest BCUT2D eigenvalue weighted by molar-refractivity contribution is -0.143. The Hall–Kier alpha value is -2.24. The van der Waals surface area contributed by atoms with Crippen molar-refractivity contribution in [2.75, 3.05) is 26.3 Å². The molecule has 21 heavy (non-hydrogen) atoms. The Morgan fingerprint density at radius 2 is 2.00 bits per heavy atom. The summed E-state index contributed by atoms with van der Waals surface area (Å²) < 4.78 is 11.0. The fraction of sp³-hybridized carbons (Fsp3) is 0.467. The van der Waals surface area contributed by atoms with Gasteiger partial charge in [0, 0.05) is 13.1 Å². The van der Waals surface area contributed by atoms with Crippen molar-refractivity contribution in [1.82, 2.24) is 10.2 Å². The van der Waals surface area contributed by atoms with Gasteiger partial charge in [-0.05, 0) is 26.0 Å². The van der Waals surface area contributed by atoms with Crippen molar-refractivity contribution >= 4 is 11.8 Å². The van der Waals surface area contributed by atoms with E-state index in [9.17, 15) is 9.59 Å². The van der Waals surface area contributed by atoms with E-state index in [1.165, 1.54) is 4.90 Å². The van der Waals surface area contributed by atoms with Crippen molar-refractivity contribution in [2.24, 2.45) is 0 Å². The van der Waals surface area contributed by atoms with Gasteiger partial charge in [-0.3, -0.25) is 9.59 Å². The van der Waals surface area contributed by atoms with Crippen LogP contribution < -0.4 is 14.8 Å². The third kappa shape index (κ3) is 3.65. The van der Waals surface area contributed by atoms with Crippen molar-refractivity contribution in [2.45, 2.75) is 19.9 Å². The Bertz CT molecular complexity index is 518. The third-order valence-corrected chi connectivity index (χ3v) is 3.32. The first-order valence-electron chi connectivity index (χ1n) is 7.05. The molecule has 6 nitrogen and oxygen atoms in total. The minimum absolute atomic E-state index is 0.109. The van der Waals surface area contributed by atoms with E-state index in [0.717, 1.165) is 0 Å². The maximum atomic E-state index is 12.2. The van der Waals surface area contributed by atoms with Crippen LogP contribution in [0, 0.1) is 0 Å². The average molecular weight is 292 g/mol. The first-order valence-corrected chi connectivity index (χ1v) is 7.05. The Morgan fingerprint density at radius 1 is 1.33 bits per heavy atom. The predicted molar refractivity (Wildman–Crippen MR) is 77.3 cm³/mol. The van der Waals surface area contributed by atoms with Crippen LogP contribution in [0.4, 0.5) is 0 Å². The van der Waals surface area contributed by atoms with Crippen LogP contribution in [0.1, 0.15) is 13.8 Å². The lowest BCUT2D eigenvalue weighted by Crippen LogP contribution is -2.56. The van der Waals surface area contributed by atoms with E-state index in [0.29, 0.717) is 31.2 Å². The van der Waals surface area contributed by atoms with E-state index in [4.69, 9.17) is 9.47 Å². The Labute approximate surface area is 124 Å². The standard InChI is InChI=1S/C15H20N2O4/c1-3-20-12-6-4-5-7-13(12)21-10-14(18)17-9-8-16-15(19)11(17)2/h4-7,11H,3,8-10H2,1-2H3,(H,16,19). The van der Waals surface area contributed by atoms with Crippen molar-refractivity contribution in [1.29, 1.82) is 0 Å². The SMILES string of the molecule is CCOc1ccccc1OCC(=O)N1CCNC(=O)C1C. The molecule has 2 rings (SSSR count). The van der Waals surface area contributed by atoms with E-state index in [1.54, 1.807) is 19.1 Å². The van der Waals surface area contributed by atoms with Crippen LogP contribution in [0.2, 0.25) is 0 Å². The summed E-state index contributed by atoms with van der Waals surface area (Å²) in [7, 11) is 0. The number of nitrogens with one attached hydrogen (secondary N) is 1. The van der Waals surface area contributed by atoms with Gasteiger partial charge in [-0.15, -0.1) is 0 Å². The van der Waals surface area contributed by atoms with Gasteiger partial charge in [-0.2, -0.15) is 0 Å². The van der Waals surface area contributed by atoms with Crippen LogP contribution in [0.5, 0.6) is 11.5 Å². The van der Waals surface area contributed by atoms with Gasteiger partial charge in [0.25, 0.3) is 5.91 Å².